The van der Waals surface area contributed by atoms with Crippen molar-refractivity contribution in [3.63, 3.8) is 0 Å². The quantitative estimate of drug-likeness (QED) is 0.101. The van der Waals surface area contributed by atoms with E-state index in [9.17, 15) is 27.2 Å². The molecule has 0 unspecified atom stereocenters. The number of azide groups is 1. The summed E-state index contributed by atoms with van der Waals surface area (Å²) < 4.78 is 58.4. The van der Waals surface area contributed by atoms with E-state index in [1.54, 1.807) is 13.8 Å². The Morgan fingerprint density at radius 2 is 1.73 bits per heavy atom. The first-order chi connectivity index (χ1) is 12.0. The molecular formula is C14H13BrF4N4O3. The number of nitrogens with one attached hydrogen (secondary N) is 1. The molecule has 1 aromatic rings. The van der Waals surface area contributed by atoms with Crippen LogP contribution in [0.3, 0.4) is 0 Å². The summed E-state index contributed by atoms with van der Waals surface area (Å²) in [6.07, 6.45) is 0.0889. The number of carbonyl (C=O) groups excluding carboxylic acids is 2. The molecular weight excluding hydrogens is 428 g/mol. The molecule has 26 heavy (non-hydrogen) atoms. The predicted molar refractivity (Wildman–Crippen MR) is 86.0 cm³/mol. The van der Waals surface area contributed by atoms with E-state index in [0.717, 1.165) is 0 Å². The number of benzene rings is 1. The van der Waals surface area contributed by atoms with E-state index in [4.69, 9.17) is 5.53 Å². The minimum absolute atomic E-state index is 0.0879. The van der Waals surface area contributed by atoms with E-state index < -0.39 is 44.8 Å². The Bertz CT molecular complexity index is 747. The molecule has 0 aliphatic carbocycles. The van der Waals surface area contributed by atoms with E-state index in [1.807, 2.05) is 4.91 Å². The summed E-state index contributed by atoms with van der Waals surface area (Å²) in [5.74, 6) is -10.1. The number of carbonyl (C=O) groups is 2. The highest BCUT2D eigenvalue weighted by Crippen LogP contribution is 2.30. The number of alkyl halides is 1. The average Bonchev–Trinajstić information content (AvgIpc) is 2.55. The zero-order valence-corrected chi connectivity index (χ0v) is 15.2. The minimum Gasteiger partial charge on any atom is -0.462 e. The lowest BCUT2D eigenvalue weighted by atomic mass is 10.1. The van der Waals surface area contributed by atoms with Gasteiger partial charge >= 0.3 is 5.97 Å². The van der Waals surface area contributed by atoms with Crippen molar-refractivity contribution in [2.75, 3.05) is 13.2 Å². The van der Waals surface area contributed by atoms with Crippen molar-refractivity contribution < 1.29 is 31.9 Å². The molecule has 0 aliphatic heterocycles. The molecule has 1 N–H and O–H groups in total. The number of esters is 1. The Morgan fingerprint density at radius 1 is 1.19 bits per heavy atom. The highest BCUT2D eigenvalue weighted by atomic mass is 79.9. The highest BCUT2D eigenvalue weighted by molar-refractivity contribution is 9.10. The van der Waals surface area contributed by atoms with E-state index in [-0.39, 0.29) is 25.5 Å². The maximum atomic E-state index is 13.8. The molecule has 7 nitrogen and oxygen atoms in total. The van der Waals surface area contributed by atoms with Crippen LogP contribution in [0, 0.1) is 23.3 Å². The molecule has 1 amide bonds. The van der Waals surface area contributed by atoms with Crippen LogP contribution in [-0.2, 0) is 9.53 Å². The molecule has 142 valence electrons. The van der Waals surface area contributed by atoms with Crippen LogP contribution in [0.15, 0.2) is 5.11 Å². The largest absolute Gasteiger partial charge is 0.462 e. The summed E-state index contributed by atoms with van der Waals surface area (Å²) in [6.45, 7) is 2.93. The molecule has 0 atom stereocenters. The molecule has 0 bridgehead atoms. The van der Waals surface area contributed by atoms with E-state index >= 15 is 0 Å². The Kier molecular flexibility index (Phi) is 7.40. The smallest absolute Gasteiger partial charge is 0.344 e. The summed E-state index contributed by atoms with van der Waals surface area (Å²) >= 11 is 3.13. The number of nitrogens with zero attached hydrogens (tertiary/aromatic N) is 3. The maximum absolute atomic E-state index is 13.8. The van der Waals surface area contributed by atoms with Crippen LogP contribution in [-0.4, -0.2) is 29.4 Å². The number of ether oxygens (including phenoxy) is 1. The van der Waals surface area contributed by atoms with Crippen molar-refractivity contribution in [2.24, 2.45) is 5.11 Å². The fraction of sp³-hybridized carbons (Fsp3) is 0.429. The van der Waals surface area contributed by atoms with Crippen LogP contribution >= 0.6 is 15.9 Å². The number of hydrogen-bond acceptors (Lipinski definition) is 4. The first kappa shape index (κ1) is 21.7. The SMILES string of the molecule is CC(C)(Br)C(=O)NCCCOC(=O)c1c(F)c(F)c(N=[N+]=[N-])c(F)c1F. The molecule has 0 saturated heterocycles. The molecule has 0 saturated carbocycles. The normalized spacial score (nSPS) is 10.9. The Labute approximate surface area is 153 Å². The van der Waals surface area contributed by atoms with Gasteiger partial charge in [0.2, 0.25) is 5.91 Å². The summed E-state index contributed by atoms with van der Waals surface area (Å²) in [5.41, 5.74) is 5.03. The number of rotatable bonds is 7. The van der Waals surface area contributed by atoms with Crippen LogP contribution in [0.4, 0.5) is 23.2 Å². The molecule has 12 heteroatoms. The third kappa shape index (κ3) is 5.09. The lowest BCUT2D eigenvalue weighted by molar-refractivity contribution is -0.122. The van der Waals surface area contributed by atoms with Crippen molar-refractivity contribution in [3.8, 4) is 0 Å². The molecule has 0 spiro atoms. The molecule has 0 aromatic heterocycles. The highest BCUT2D eigenvalue weighted by Gasteiger charge is 2.30. The molecule has 0 aliphatic rings. The van der Waals surface area contributed by atoms with Gasteiger partial charge in [0.1, 0.15) is 11.3 Å². The van der Waals surface area contributed by atoms with Gasteiger partial charge in [-0.15, -0.1) is 0 Å². The molecule has 0 heterocycles. The van der Waals surface area contributed by atoms with Gasteiger partial charge in [-0.05, 0) is 25.8 Å². The van der Waals surface area contributed by atoms with Crippen molar-refractivity contribution in [3.05, 3.63) is 39.3 Å². The van der Waals surface area contributed by atoms with Gasteiger partial charge in [-0.3, -0.25) is 4.79 Å². The Hall–Kier alpha value is -2.33. The van der Waals surface area contributed by atoms with Crippen molar-refractivity contribution in [2.45, 2.75) is 24.6 Å². The summed E-state index contributed by atoms with van der Waals surface area (Å²) in [7, 11) is 0. The second kappa shape index (κ2) is 8.86. The van der Waals surface area contributed by atoms with Gasteiger partial charge in [-0.25, -0.2) is 22.4 Å². The zero-order valence-electron chi connectivity index (χ0n) is 13.6. The monoisotopic (exact) mass is 440 g/mol. The Balaban J connectivity index is 2.77. The van der Waals surface area contributed by atoms with Crippen molar-refractivity contribution in [1.82, 2.24) is 5.32 Å². The van der Waals surface area contributed by atoms with Gasteiger partial charge in [0.15, 0.2) is 23.3 Å². The van der Waals surface area contributed by atoms with Crippen LogP contribution in [0.1, 0.15) is 30.6 Å². The first-order valence-corrected chi connectivity index (χ1v) is 7.87. The molecule has 0 radical (unpaired) electrons. The van der Waals surface area contributed by atoms with Gasteiger partial charge in [0.05, 0.1) is 10.9 Å². The molecule has 0 fully saturated rings. The number of halogens is 5. The van der Waals surface area contributed by atoms with Crippen molar-refractivity contribution in [1.29, 1.82) is 0 Å². The van der Waals surface area contributed by atoms with E-state index in [0.29, 0.717) is 0 Å². The second-order valence-corrected chi connectivity index (χ2v) is 7.37. The molecule has 1 aromatic carbocycles. The van der Waals surface area contributed by atoms with Crippen LogP contribution in [0.5, 0.6) is 0 Å². The Morgan fingerprint density at radius 3 is 2.19 bits per heavy atom. The van der Waals surface area contributed by atoms with Gasteiger partial charge in [0.25, 0.3) is 0 Å². The lowest BCUT2D eigenvalue weighted by Crippen LogP contribution is -2.38. The van der Waals surface area contributed by atoms with Gasteiger partial charge in [0, 0.05) is 11.5 Å². The van der Waals surface area contributed by atoms with Crippen LogP contribution < -0.4 is 5.32 Å². The third-order valence-corrected chi connectivity index (χ3v) is 3.33. The summed E-state index contributed by atoms with van der Waals surface area (Å²) in [4.78, 5) is 25.3. The van der Waals surface area contributed by atoms with E-state index in [2.05, 4.69) is 31.1 Å². The van der Waals surface area contributed by atoms with Gasteiger partial charge in [-0.2, -0.15) is 0 Å². The first-order valence-electron chi connectivity index (χ1n) is 7.07. The van der Waals surface area contributed by atoms with Crippen LogP contribution in [0.2, 0.25) is 0 Å². The second-order valence-electron chi connectivity index (χ2n) is 5.39. The lowest BCUT2D eigenvalue weighted by Gasteiger charge is -2.15. The summed E-state index contributed by atoms with van der Waals surface area (Å²) in [5, 5.41) is 5.01. The van der Waals surface area contributed by atoms with Crippen molar-refractivity contribution >= 4 is 33.5 Å². The maximum Gasteiger partial charge on any atom is 0.344 e. The van der Waals surface area contributed by atoms with Gasteiger partial charge in [-0.1, -0.05) is 21.0 Å². The fourth-order valence-corrected chi connectivity index (χ4v) is 1.79. The standard InChI is InChI=1S/C14H13BrF4N4O3/c1-14(2,15)13(25)21-4-3-5-26-12(24)6-7(16)9(18)11(22-23-20)10(19)8(6)17/h3-5H2,1-2H3,(H,21,25). The number of hydrogen-bond donors (Lipinski definition) is 1. The molecule has 1 rings (SSSR count). The minimum atomic E-state index is -2.04. The zero-order chi connectivity index (χ0) is 20.1. The predicted octanol–water partition coefficient (Wildman–Crippen LogP) is 4.02. The van der Waals surface area contributed by atoms with Gasteiger partial charge < -0.3 is 10.1 Å². The number of amides is 1. The summed E-state index contributed by atoms with van der Waals surface area (Å²) in [6, 6.07) is 0. The average molecular weight is 441 g/mol. The van der Waals surface area contributed by atoms with Crippen LogP contribution in [0.25, 0.3) is 10.4 Å². The fourth-order valence-electron chi connectivity index (χ4n) is 1.65. The third-order valence-electron chi connectivity index (χ3n) is 2.97. The van der Waals surface area contributed by atoms with E-state index in [1.165, 1.54) is 0 Å². The topological polar surface area (TPSA) is 104 Å².